The summed E-state index contributed by atoms with van der Waals surface area (Å²) in [6.07, 6.45) is 14.6. The first-order valence-corrected chi connectivity index (χ1v) is 11.6. The highest BCUT2D eigenvalue weighted by Gasteiger charge is 2.48. The number of anilines is 1. The lowest BCUT2D eigenvalue weighted by Gasteiger charge is -2.41. The Labute approximate surface area is 178 Å². The molecule has 5 rings (SSSR count). The van der Waals surface area contributed by atoms with Crippen LogP contribution < -0.4 is 10.8 Å². The molecule has 2 N–H and O–H groups in total. The van der Waals surface area contributed by atoms with E-state index in [1.54, 1.807) is 0 Å². The highest BCUT2D eigenvalue weighted by molar-refractivity contribution is 5.95. The molecule has 2 aliphatic carbocycles. The quantitative estimate of drug-likeness (QED) is 0.709. The van der Waals surface area contributed by atoms with Gasteiger partial charge in [0.2, 0.25) is 0 Å². The molecule has 3 heterocycles. The van der Waals surface area contributed by atoms with Gasteiger partial charge in [-0.3, -0.25) is 10.3 Å². The summed E-state index contributed by atoms with van der Waals surface area (Å²) in [4.78, 5) is 10.8. The average molecular weight is 412 g/mol. The fourth-order valence-electron chi connectivity index (χ4n) is 5.20. The van der Waals surface area contributed by atoms with E-state index in [9.17, 15) is 0 Å². The van der Waals surface area contributed by atoms with E-state index in [1.807, 2.05) is 24.0 Å². The summed E-state index contributed by atoms with van der Waals surface area (Å²) in [6, 6.07) is 0.504. The molecular weight excluding hydrogens is 378 g/mol. The van der Waals surface area contributed by atoms with E-state index in [1.165, 1.54) is 32.1 Å². The van der Waals surface area contributed by atoms with E-state index < -0.39 is 0 Å². The predicted octanol–water partition coefficient (Wildman–Crippen LogP) is 4.26. The molecule has 2 saturated carbocycles. The van der Waals surface area contributed by atoms with Crippen molar-refractivity contribution in [2.45, 2.75) is 77.0 Å². The normalized spacial score (nSPS) is 26.6. The number of nitrogens with one attached hydrogen (secondary N) is 2. The van der Waals surface area contributed by atoms with E-state index in [-0.39, 0.29) is 5.60 Å². The molecule has 2 aromatic rings. The Hall–Kier alpha value is -2.12. The smallest absolute Gasteiger partial charge is 0.159 e. The molecule has 0 amide bonds. The Morgan fingerprint density at radius 3 is 2.83 bits per heavy atom. The minimum absolute atomic E-state index is 0.207. The van der Waals surface area contributed by atoms with Crippen LogP contribution in [-0.4, -0.2) is 39.6 Å². The molecule has 0 unspecified atom stereocenters. The topological polar surface area (TPSA) is 73.2 Å². The first kappa shape index (κ1) is 19.8. The Balaban J connectivity index is 1.45. The van der Waals surface area contributed by atoms with E-state index in [4.69, 9.17) is 14.6 Å². The van der Waals surface area contributed by atoms with Crippen LogP contribution >= 0.6 is 0 Å². The first-order valence-electron chi connectivity index (χ1n) is 11.6. The third kappa shape index (κ3) is 3.58. The van der Waals surface area contributed by atoms with Crippen molar-refractivity contribution in [1.29, 1.82) is 0 Å². The van der Waals surface area contributed by atoms with Crippen molar-refractivity contribution >= 4 is 22.4 Å². The SMILES string of the molecule is CCOCC1CC2(C=C(c3cnc4c(cnn4CC)c3NC3CCCCC3)NO2)C1. The van der Waals surface area contributed by atoms with Crippen molar-refractivity contribution in [2.75, 3.05) is 18.5 Å². The van der Waals surface area contributed by atoms with Crippen LogP contribution in [0.1, 0.15) is 64.4 Å². The van der Waals surface area contributed by atoms with Crippen molar-refractivity contribution in [2.24, 2.45) is 5.92 Å². The monoisotopic (exact) mass is 411 g/mol. The summed E-state index contributed by atoms with van der Waals surface area (Å²) in [5.41, 5.74) is 7.18. The molecule has 2 aromatic heterocycles. The highest BCUT2D eigenvalue weighted by atomic mass is 16.7. The number of hydrogen-bond donors (Lipinski definition) is 2. The van der Waals surface area contributed by atoms with Gasteiger partial charge in [0.15, 0.2) is 5.65 Å². The van der Waals surface area contributed by atoms with Gasteiger partial charge in [-0.15, -0.1) is 0 Å². The first-order chi connectivity index (χ1) is 14.7. The fourth-order valence-corrected chi connectivity index (χ4v) is 5.20. The molecule has 0 radical (unpaired) electrons. The molecule has 0 bridgehead atoms. The van der Waals surface area contributed by atoms with E-state index in [2.05, 4.69) is 28.9 Å². The summed E-state index contributed by atoms with van der Waals surface area (Å²) >= 11 is 0. The molecule has 7 nitrogen and oxygen atoms in total. The van der Waals surface area contributed by atoms with Crippen molar-refractivity contribution in [3.8, 4) is 0 Å². The average Bonchev–Trinajstić information content (AvgIpc) is 3.37. The maximum atomic E-state index is 6.06. The van der Waals surface area contributed by atoms with Crippen LogP contribution in [0.25, 0.3) is 16.7 Å². The molecule has 1 aliphatic heterocycles. The van der Waals surface area contributed by atoms with Crippen LogP contribution in [0.4, 0.5) is 5.69 Å². The summed E-state index contributed by atoms with van der Waals surface area (Å²) in [5.74, 6) is 0.575. The van der Waals surface area contributed by atoms with Crippen molar-refractivity contribution in [3.05, 3.63) is 24.0 Å². The van der Waals surface area contributed by atoms with Crippen molar-refractivity contribution < 1.29 is 9.57 Å². The van der Waals surface area contributed by atoms with Gasteiger partial charge < -0.3 is 10.1 Å². The number of ether oxygens (including phenoxy) is 1. The van der Waals surface area contributed by atoms with Gasteiger partial charge in [0.05, 0.1) is 23.0 Å². The Kier molecular flexibility index (Phi) is 5.41. The number of pyridine rings is 1. The maximum Gasteiger partial charge on any atom is 0.159 e. The molecule has 1 spiro atoms. The van der Waals surface area contributed by atoms with Gasteiger partial charge in [0, 0.05) is 37.6 Å². The molecule has 0 atom stereocenters. The van der Waals surface area contributed by atoms with Crippen LogP contribution in [0.2, 0.25) is 0 Å². The lowest BCUT2D eigenvalue weighted by Crippen LogP contribution is -2.45. The number of rotatable bonds is 7. The van der Waals surface area contributed by atoms with Crippen molar-refractivity contribution in [3.63, 3.8) is 0 Å². The van der Waals surface area contributed by atoms with E-state index in [0.717, 1.165) is 60.6 Å². The third-order valence-corrected chi connectivity index (χ3v) is 6.81. The Morgan fingerprint density at radius 1 is 1.23 bits per heavy atom. The lowest BCUT2D eigenvalue weighted by atomic mass is 9.71. The molecule has 2 fully saturated rings. The lowest BCUT2D eigenvalue weighted by molar-refractivity contribution is -0.124. The molecule has 0 aromatic carbocycles. The summed E-state index contributed by atoms with van der Waals surface area (Å²) < 4.78 is 7.55. The standard InChI is InChI=1S/C23H33N5O2/c1-3-28-22-19(14-25-28)21(26-17-8-6-5-7-9-17)18(13-24-22)20-12-23(30-27-20)10-16(11-23)15-29-4-2/h12-14,16-17,27H,3-11,15H2,1-2H3,(H,24,26). The van der Waals surface area contributed by atoms with Gasteiger partial charge in [-0.05, 0) is 51.5 Å². The number of aryl methyl sites for hydroxylation is 1. The van der Waals surface area contributed by atoms with Crippen LogP contribution in [-0.2, 0) is 16.1 Å². The van der Waals surface area contributed by atoms with Gasteiger partial charge >= 0.3 is 0 Å². The molecular formula is C23H33N5O2. The molecule has 0 saturated heterocycles. The van der Waals surface area contributed by atoms with Gasteiger partial charge in [0.1, 0.15) is 5.60 Å². The second-order valence-electron chi connectivity index (χ2n) is 8.98. The minimum Gasteiger partial charge on any atom is -0.381 e. The zero-order valence-electron chi connectivity index (χ0n) is 18.1. The van der Waals surface area contributed by atoms with Crippen LogP contribution in [0.3, 0.4) is 0 Å². The number of fused-ring (bicyclic) bond motifs is 1. The van der Waals surface area contributed by atoms with Crippen LogP contribution in [0.5, 0.6) is 0 Å². The molecule has 3 aliphatic rings. The number of hydroxylamine groups is 1. The fraction of sp³-hybridized carbons (Fsp3) is 0.652. The summed E-state index contributed by atoms with van der Waals surface area (Å²) in [6.45, 7) is 6.56. The Bertz CT molecular complexity index is 925. The summed E-state index contributed by atoms with van der Waals surface area (Å²) in [7, 11) is 0. The zero-order valence-corrected chi connectivity index (χ0v) is 18.1. The highest BCUT2D eigenvalue weighted by Crippen LogP contribution is 2.47. The number of aromatic nitrogens is 3. The van der Waals surface area contributed by atoms with E-state index >= 15 is 0 Å². The second kappa shape index (κ2) is 8.19. The van der Waals surface area contributed by atoms with Crippen LogP contribution in [0, 0.1) is 5.92 Å². The maximum absolute atomic E-state index is 6.06. The third-order valence-electron chi connectivity index (χ3n) is 6.81. The largest absolute Gasteiger partial charge is 0.381 e. The van der Waals surface area contributed by atoms with Gasteiger partial charge in [-0.1, -0.05) is 19.3 Å². The van der Waals surface area contributed by atoms with Gasteiger partial charge in [-0.2, -0.15) is 5.10 Å². The minimum atomic E-state index is -0.207. The predicted molar refractivity (Wildman–Crippen MR) is 118 cm³/mol. The second-order valence-corrected chi connectivity index (χ2v) is 8.98. The molecule has 162 valence electrons. The van der Waals surface area contributed by atoms with Crippen LogP contribution in [0.15, 0.2) is 18.5 Å². The summed E-state index contributed by atoms with van der Waals surface area (Å²) in [5, 5.41) is 9.51. The van der Waals surface area contributed by atoms with E-state index in [0.29, 0.717) is 12.0 Å². The van der Waals surface area contributed by atoms with Gasteiger partial charge in [-0.25, -0.2) is 9.67 Å². The number of nitrogens with zero attached hydrogens (tertiary/aromatic N) is 3. The van der Waals surface area contributed by atoms with Crippen molar-refractivity contribution in [1.82, 2.24) is 20.2 Å². The zero-order chi connectivity index (χ0) is 20.6. The molecule has 7 heteroatoms. The molecule has 30 heavy (non-hydrogen) atoms. The Morgan fingerprint density at radius 2 is 2.07 bits per heavy atom. The number of hydrogen-bond acceptors (Lipinski definition) is 6. The van der Waals surface area contributed by atoms with Gasteiger partial charge in [0.25, 0.3) is 0 Å².